The van der Waals surface area contributed by atoms with Gasteiger partial charge in [0.1, 0.15) is 6.61 Å². The van der Waals surface area contributed by atoms with Gasteiger partial charge in [-0.2, -0.15) is 5.10 Å². The van der Waals surface area contributed by atoms with Crippen LogP contribution in [0.4, 0.5) is 19.5 Å². The SMILES string of the molecule is COCCOC(=O)Nc1nc2cc(-c3n[nH]c(=O)c4cc(F)c(F)cc34)ccc2[nH]1. The van der Waals surface area contributed by atoms with Gasteiger partial charge in [-0.3, -0.25) is 10.1 Å². The first-order chi connectivity index (χ1) is 14.5. The van der Waals surface area contributed by atoms with E-state index in [2.05, 4.69) is 25.5 Å². The predicted molar refractivity (Wildman–Crippen MR) is 104 cm³/mol. The molecule has 3 N–H and O–H groups in total. The number of aromatic amines is 2. The van der Waals surface area contributed by atoms with Crippen molar-refractivity contribution in [3.63, 3.8) is 0 Å². The minimum absolute atomic E-state index is 0.0258. The van der Waals surface area contributed by atoms with Crippen LogP contribution in [0.2, 0.25) is 0 Å². The van der Waals surface area contributed by atoms with E-state index in [1.165, 1.54) is 7.11 Å². The highest BCUT2D eigenvalue weighted by molar-refractivity contribution is 5.96. The van der Waals surface area contributed by atoms with E-state index < -0.39 is 23.3 Å². The van der Waals surface area contributed by atoms with Crippen LogP contribution in [-0.4, -0.2) is 46.6 Å². The number of hydrogen-bond donors (Lipinski definition) is 3. The van der Waals surface area contributed by atoms with Gasteiger partial charge in [0.2, 0.25) is 5.95 Å². The van der Waals surface area contributed by atoms with E-state index in [0.717, 1.165) is 12.1 Å². The molecule has 4 aromatic rings. The summed E-state index contributed by atoms with van der Waals surface area (Å²) in [5.74, 6) is -2.05. The summed E-state index contributed by atoms with van der Waals surface area (Å²) in [6, 6.07) is 6.74. The lowest BCUT2D eigenvalue weighted by Crippen LogP contribution is -2.17. The van der Waals surface area contributed by atoms with Crippen molar-refractivity contribution < 1.29 is 23.0 Å². The van der Waals surface area contributed by atoms with E-state index in [-0.39, 0.29) is 35.6 Å². The molecule has 0 unspecified atom stereocenters. The Kier molecular flexibility index (Phi) is 5.11. The number of fused-ring (bicyclic) bond motifs is 2. The fourth-order valence-electron chi connectivity index (χ4n) is 2.94. The number of rotatable bonds is 5. The van der Waals surface area contributed by atoms with E-state index in [1.54, 1.807) is 18.2 Å². The molecule has 30 heavy (non-hydrogen) atoms. The summed E-state index contributed by atoms with van der Waals surface area (Å²) in [5.41, 5.74) is 1.21. The van der Waals surface area contributed by atoms with E-state index in [9.17, 15) is 18.4 Å². The molecule has 1 amide bonds. The fraction of sp³-hybridized carbons (Fsp3) is 0.158. The van der Waals surface area contributed by atoms with Crippen LogP contribution in [0, 0.1) is 11.6 Å². The number of aromatic nitrogens is 4. The number of nitrogens with one attached hydrogen (secondary N) is 3. The molecule has 0 atom stereocenters. The van der Waals surface area contributed by atoms with Gasteiger partial charge in [0.25, 0.3) is 5.56 Å². The second-order valence-electron chi connectivity index (χ2n) is 6.28. The fourth-order valence-corrected chi connectivity index (χ4v) is 2.94. The highest BCUT2D eigenvalue weighted by atomic mass is 19.2. The molecule has 0 saturated carbocycles. The van der Waals surface area contributed by atoms with E-state index in [4.69, 9.17) is 9.47 Å². The molecule has 2 heterocycles. The maximum absolute atomic E-state index is 13.8. The van der Waals surface area contributed by atoms with E-state index in [1.807, 2.05) is 0 Å². The number of H-pyrrole nitrogens is 2. The number of anilines is 1. The third-order valence-electron chi connectivity index (χ3n) is 4.33. The Morgan fingerprint density at radius 2 is 1.90 bits per heavy atom. The standard InChI is InChI=1S/C19H15F2N5O4/c1-29-4-5-30-19(28)24-18-22-14-3-2-9(6-15(14)23-18)16-10-7-12(20)13(21)8-11(10)17(27)26-25-16/h2-3,6-8H,4-5H2,1H3,(H,26,27)(H2,22,23,24,28). The Balaban J connectivity index is 1.69. The molecule has 9 nitrogen and oxygen atoms in total. The maximum atomic E-state index is 13.8. The van der Waals surface area contributed by atoms with Crippen molar-refractivity contribution in [1.29, 1.82) is 0 Å². The smallest absolute Gasteiger partial charge is 0.414 e. The first-order valence-corrected chi connectivity index (χ1v) is 8.76. The molecule has 0 saturated heterocycles. The second kappa shape index (κ2) is 7.87. The largest absolute Gasteiger partial charge is 0.447 e. The third kappa shape index (κ3) is 3.70. The number of methoxy groups -OCH3 is 1. The molecule has 0 fully saturated rings. The van der Waals surface area contributed by atoms with Gasteiger partial charge in [0, 0.05) is 18.1 Å². The average Bonchev–Trinajstić information content (AvgIpc) is 3.11. The first kappa shape index (κ1) is 19.5. The lowest BCUT2D eigenvalue weighted by molar-refractivity contribution is 0.107. The van der Waals surface area contributed by atoms with Crippen LogP contribution >= 0.6 is 0 Å². The normalized spacial score (nSPS) is 11.2. The number of hydrogen-bond acceptors (Lipinski definition) is 6. The zero-order valence-electron chi connectivity index (χ0n) is 15.6. The zero-order valence-corrected chi connectivity index (χ0v) is 15.6. The highest BCUT2D eigenvalue weighted by Crippen LogP contribution is 2.28. The van der Waals surface area contributed by atoms with Gasteiger partial charge in [-0.15, -0.1) is 0 Å². The predicted octanol–water partition coefficient (Wildman–Crippen LogP) is 2.94. The molecule has 4 rings (SSSR count). The first-order valence-electron chi connectivity index (χ1n) is 8.76. The highest BCUT2D eigenvalue weighted by Gasteiger charge is 2.15. The zero-order chi connectivity index (χ0) is 21.3. The molecule has 0 spiro atoms. The summed E-state index contributed by atoms with van der Waals surface area (Å²) < 4.78 is 37.0. The molecule has 2 aromatic carbocycles. The van der Waals surface area contributed by atoms with Gasteiger partial charge >= 0.3 is 6.09 Å². The van der Waals surface area contributed by atoms with Crippen molar-refractivity contribution in [2.45, 2.75) is 0 Å². The summed E-state index contributed by atoms with van der Waals surface area (Å²) >= 11 is 0. The second-order valence-corrected chi connectivity index (χ2v) is 6.28. The average molecular weight is 415 g/mol. The summed E-state index contributed by atoms with van der Waals surface area (Å²) in [6.45, 7) is 0.357. The van der Waals surface area contributed by atoms with Gasteiger partial charge in [-0.05, 0) is 24.3 Å². The van der Waals surface area contributed by atoms with Crippen molar-refractivity contribution in [1.82, 2.24) is 20.2 Å². The molecule has 154 valence electrons. The summed E-state index contributed by atoms with van der Waals surface area (Å²) in [5, 5.41) is 8.87. The van der Waals surface area contributed by atoms with E-state index in [0.29, 0.717) is 16.6 Å². The van der Waals surface area contributed by atoms with Crippen LogP contribution in [0.5, 0.6) is 0 Å². The van der Waals surface area contributed by atoms with Crippen LogP contribution in [0.25, 0.3) is 33.1 Å². The van der Waals surface area contributed by atoms with Gasteiger partial charge in [0.15, 0.2) is 11.6 Å². The molecule has 0 radical (unpaired) electrons. The quantitative estimate of drug-likeness (QED) is 0.431. The Bertz CT molecular complexity index is 1320. The van der Waals surface area contributed by atoms with Gasteiger partial charge in [-0.25, -0.2) is 23.7 Å². The number of benzene rings is 2. The Morgan fingerprint density at radius 3 is 2.67 bits per heavy atom. The molecule has 0 aliphatic rings. The number of amides is 1. The summed E-state index contributed by atoms with van der Waals surface area (Å²) in [7, 11) is 1.49. The van der Waals surface area contributed by atoms with Crippen molar-refractivity contribution in [3.8, 4) is 11.3 Å². The van der Waals surface area contributed by atoms with Crippen molar-refractivity contribution in [3.05, 3.63) is 52.3 Å². The van der Waals surface area contributed by atoms with Crippen LogP contribution in [0.15, 0.2) is 35.1 Å². The number of carbonyl (C=O) groups is 1. The van der Waals surface area contributed by atoms with Crippen LogP contribution in [-0.2, 0) is 9.47 Å². The van der Waals surface area contributed by atoms with Crippen molar-refractivity contribution in [2.75, 3.05) is 25.6 Å². The van der Waals surface area contributed by atoms with Gasteiger partial charge in [-0.1, -0.05) is 6.07 Å². The third-order valence-corrected chi connectivity index (χ3v) is 4.33. The van der Waals surface area contributed by atoms with Gasteiger partial charge in [0.05, 0.1) is 28.7 Å². The number of ether oxygens (including phenoxy) is 2. The van der Waals surface area contributed by atoms with Crippen LogP contribution in [0.1, 0.15) is 0 Å². The number of halogens is 2. The summed E-state index contributed by atoms with van der Waals surface area (Å²) in [4.78, 5) is 30.9. The minimum Gasteiger partial charge on any atom is -0.447 e. The molecular weight excluding hydrogens is 400 g/mol. The molecule has 0 aliphatic carbocycles. The Morgan fingerprint density at radius 1 is 1.13 bits per heavy atom. The lowest BCUT2D eigenvalue weighted by atomic mass is 10.0. The Hall–Kier alpha value is -3.86. The van der Waals surface area contributed by atoms with Crippen molar-refractivity contribution in [2.24, 2.45) is 0 Å². The Labute approximate surface area is 167 Å². The minimum atomic E-state index is -1.12. The van der Waals surface area contributed by atoms with Crippen LogP contribution < -0.4 is 10.9 Å². The molecule has 0 bridgehead atoms. The lowest BCUT2D eigenvalue weighted by Gasteiger charge is -2.06. The van der Waals surface area contributed by atoms with E-state index >= 15 is 0 Å². The molecule has 2 aromatic heterocycles. The molecule has 0 aliphatic heterocycles. The number of imidazole rings is 1. The van der Waals surface area contributed by atoms with Gasteiger partial charge < -0.3 is 14.5 Å². The molecule has 11 heteroatoms. The van der Waals surface area contributed by atoms with Crippen LogP contribution in [0.3, 0.4) is 0 Å². The maximum Gasteiger partial charge on any atom is 0.414 e. The molecular formula is C19H15F2N5O4. The topological polar surface area (TPSA) is 122 Å². The summed E-state index contributed by atoms with van der Waals surface area (Å²) in [6.07, 6.45) is -0.697. The number of nitrogens with zero attached hydrogens (tertiary/aromatic N) is 2. The van der Waals surface area contributed by atoms with Crippen molar-refractivity contribution >= 4 is 33.8 Å². The number of carbonyl (C=O) groups excluding carboxylic acids is 1. The monoisotopic (exact) mass is 415 g/mol.